The van der Waals surface area contributed by atoms with Crippen molar-refractivity contribution in [3.63, 3.8) is 0 Å². The highest BCUT2D eigenvalue weighted by Crippen LogP contribution is 2.25. The Morgan fingerprint density at radius 1 is 1.00 bits per heavy atom. The normalized spacial score (nSPS) is 11.0. The van der Waals surface area contributed by atoms with Gasteiger partial charge >= 0.3 is 5.97 Å². The number of anilines is 1. The smallest absolute Gasteiger partial charge is 0.338 e. The van der Waals surface area contributed by atoms with Gasteiger partial charge in [-0.1, -0.05) is 24.3 Å². The molecule has 0 fully saturated rings. The van der Waals surface area contributed by atoms with Crippen molar-refractivity contribution in [3.8, 4) is 5.75 Å². The van der Waals surface area contributed by atoms with Crippen LogP contribution in [0.15, 0.2) is 77.7 Å². The molecule has 0 spiro atoms. The number of nitrogens with zero attached hydrogens (tertiary/aromatic N) is 1. The van der Waals surface area contributed by atoms with E-state index in [4.69, 9.17) is 9.47 Å². The van der Waals surface area contributed by atoms with Crippen LogP contribution in [0.2, 0.25) is 0 Å². The van der Waals surface area contributed by atoms with Crippen molar-refractivity contribution in [2.45, 2.75) is 11.5 Å². The Kier molecular flexibility index (Phi) is 6.37. The van der Waals surface area contributed by atoms with E-state index < -0.39 is 21.8 Å². The van der Waals surface area contributed by atoms with Crippen molar-refractivity contribution in [1.82, 2.24) is 0 Å². The lowest BCUT2D eigenvalue weighted by Gasteiger charge is -2.20. The third-order valence-corrected chi connectivity index (χ3v) is 6.26. The standard InChI is InChI=1S/C22H20FNO5S/c1-24(18-10-12-19(28-2)13-11-18)30(26,27)20-8-5-7-16(14-20)22(25)29-15-17-6-3-4-9-21(17)23/h3-14H,15H2,1-2H3. The minimum absolute atomic E-state index is 0.0514. The summed E-state index contributed by atoms with van der Waals surface area (Å²) >= 11 is 0. The van der Waals surface area contributed by atoms with Crippen LogP contribution in [-0.2, 0) is 21.4 Å². The van der Waals surface area contributed by atoms with Crippen LogP contribution >= 0.6 is 0 Å². The molecule has 0 bridgehead atoms. The van der Waals surface area contributed by atoms with Crippen LogP contribution in [0.4, 0.5) is 10.1 Å². The zero-order valence-electron chi connectivity index (χ0n) is 16.4. The molecule has 0 aliphatic carbocycles. The summed E-state index contributed by atoms with van der Waals surface area (Å²) in [5.74, 6) is -0.630. The van der Waals surface area contributed by atoms with E-state index in [9.17, 15) is 17.6 Å². The van der Waals surface area contributed by atoms with E-state index in [0.29, 0.717) is 11.4 Å². The molecule has 0 aromatic heterocycles. The van der Waals surface area contributed by atoms with E-state index in [-0.39, 0.29) is 22.6 Å². The fraction of sp³-hybridized carbons (Fsp3) is 0.136. The molecule has 8 heteroatoms. The number of halogens is 1. The molecule has 0 atom stereocenters. The molecule has 6 nitrogen and oxygen atoms in total. The Hall–Kier alpha value is -3.39. The Morgan fingerprint density at radius 2 is 1.70 bits per heavy atom. The number of carbonyl (C=O) groups is 1. The van der Waals surface area contributed by atoms with E-state index in [1.54, 1.807) is 30.3 Å². The summed E-state index contributed by atoms with van der Waals surface area (Å²) in [7, 11) is -0.980. The van der Waals surface area contributed by atoms with Gasteiger partial charge in [0.1, 0.15) is 18.2 Å². The summed E-state index contributed by atoms with van der Waals surface area (Å²) < 4.78 is 51.0. The second-order valence-corrected chi connectivity index (χ2v) is 8.34. The van der Waals surface area contributed by atoms with Crippen molar-refractivity contribution in [2.24, 2.45) is 0 Å². The van der Waals surface area contributed by atoms with Crippen LogP contribution < -0.4 is 9.04 Å². The lowest BCUT2D eigenvalue weighted by molar-refractivity contribution is 0.0468. The summed E-state index contributed by atoms with van der Waals surface area (Å²) in [5.41, 5.74) is 0.716. The number of ether oxygens (including phenoxy) is 2. The summed E-state index contributed by atoms with van der Waals surface area (Å²) in [5, 5.41) is 0. The average Bonchev–Trinajstić information content (AvgIpc) is 2.78. The predicted molar refractivity (Wildman–Crippen MR) is 111 cm³/mol. The van der Waals surface area contributed by atoms with E-state index in [2.05, 4.69) is 0 Å². The first-order valence-electron chi connectivity index (χ1n) is 8.96. The van der Waals surface area contributed by atoms with Crippen LogP contribution in [0.25, 0.3) is 0 Å². The van der Waals surface area contributed by atoms with Gasteiger partial charge < -0.3 is 9.47 Å². The quantitative estimate of drug-likeness (QED) is 0.531. The van der Waals surface area contributed by atoms with Crippen LogP contribution in [0, 0.1) is 5.82 Å². The summed E-state index contributed by atoms with van der Waals surface area (Å²) in [6, 6.07) is 18.0. The van der Waals surface area contributed by atoms with Gasteiger partial charge in [0.25, 0.3) is 10.0 Å². The first-order chi connectivity index (χ1) is 14.3. The maximum Gasteiger partial charge on any atom is 0.338 e. The fourth-order valence-electron chi connectivity index (χ4n) is 2.71. The van der Waals surface area contributed by atoms with Gasteiger partial charge in [-0.2, -0.15) is 0 Å². The molecule has 3 aromatic carbocycles. The molecule has 0 aliphatic rings. The molecular weight excluding hydrogens is 409 g/mol. The molecule has 0 saturated carbocycles. The second kappa shape index (κ2) is 8.96. The summed E-state index contributed by atoms with van der Waals surface area (Å²) in [4.78, 5) is 12.3. The largest absolute Gasteiger partial charge is 0.497 e. The monoisotopic (exact) mass is 429 g/mol. The van der Waals surface area contributed by atoms with Gasteiger partial charge in [-0.25, -0.2) is 17.6 Å². The minimum atomic E-state index is -3.92. The summed E-state index contributed by atoms with van der Waals surface area (Å²) in [6.07, 6.45) is 0. The predicted octanol–water partition coefficient (Wildman–Crippen LogP) is 4.02. The highest BCUT2D eigenvalue weighted by atomic mass is 32.2. The van der Waals surface area contributed by atoms with E-state index >= 15 is 0 Å². The highest BCUT2D eigenvalue weighted by molar-refractivity contribution is 7.92. The van der Waals surface area contributed by atoms with Gasteiger partial charge in [-0.15, -0.1) is 0 Å². The zero-order chi connectivity index (χ0) is 21.7. The zero-order valence-corrected chi connectivity index (χ0v) is 17.2. The van der Waals surface area contributed by atoms with Crippen molar-refractivity contribution < 1.29 is 27.1 Å². The van der Waals surface area contributed by atoms with Gasteiger partial charge in [-0.3, -0.25) is 4.31 Å². The van der Waals surface area contributed by atoms with Crippen molar-refractivity contribution in [3.05, 3.63) is 89.7 Å². The van der Waals surface area contributed by atoms with Crippen molar-refractivity contribution in [2.75, 3.05) is 18.5 Å². The fourth-order valence-corrected chi connectivity index (χ4v) is 3.96. The number of sulfonamides is 1. The van der Waals surface area contributed by atoms with E-state index in [1.165, 1.54) is 56.6 Å². The summed E-state index contributed by atoms with van der Waals surface area (Å²) in [6.45, 7) is -0.256. The molecule has 156 valence electrons. The van der Waals surface area contributed by atoms with E-state index in [1.807, 2.05) is 0 Å². The van der Waals surface area contributed by atoms with Gasteiger partial charge in [0.15, 0.2) is 0 Å². The highest BCUT2D eigenvalue weighted by Gasteiger charge is 2.23. The number of esters is 1. The molecule has 0 radical (unpaired) electrons. The Labute approximate surface area is 174 Å². The third-order valence-electron chi connectivity index (χ3n) is 4.48. The lowest BCUT2D eigenvalue weighted by Crippen LogP contribution is -2.26. The van der Waals surface area contributed by atoms with Crippen LogP contribution in [0.1, 0.15) is 15.9 Å². The number of benzene rings is 3. The third kappa shape index (κ3) is 4.60. The van der Waals surface area contributed by atoms with Crippen LogP contribution in [0.5, 0.6) is 5.75 Å². The molecule has 0 saturated heterocycles. The van der Waals surface area contributed by atoms with Crippen molar-refractivity contribution >= 4 is 21.7 Å². The first-order valence-corrected chi connectivity index (χ1v) is 10.4. The molecule has 30 heavy (non-hydrogen) atoms. The van der Waals surface area contributed by atoms with Gasteiger partial charge in [0.05, 0.1) is 23.3 Å². The topological polar surface area (TPSA) is 72.9 Å². The molecule has 0 aliphatic heterocycles. The average molecular weight is 429 g/mol. The van der Waals surface area contributed by atoms with Crippen molar-refractivity contribution in [1.29, 1.82) is 0 Å². The maximum atomic E-state index is 13.7. The van der Waals surface area contributed by atoms with E-state index in [0.717, 1.165) is 4.31 Å². The van der Waals surface area contributed by atoms with Crippen LogP contribution in [0.3, 0.4) is 0 Å². The number of hydrogen-bond acceptors (Lipinski definition) is 5. The van der Waals surface area contributed by atoms with Gasteiger partial charge in [-0.05, 0) is 48.5 Å². The number of hydrogen-bond donors (Lipinski definition) is 0. The molecule has 0 N–H and O–H groups in total. The number of rotatable bonds is 7. The Morgan fingerprint density at radius 3 is 2.37 bits per heavy atom. The first kappa shape index (κ1) is 21.3. The second-order valence-electron chi connectivity index (χ2n) is 6.37. The molecule has 0 unspecified atom stereocenters. The maximum absolute atomic E-state index is 13.7. The molecule has 3 rings (SSSR count). The molecule has 3 aromatic rings. The molecule has 0 amide bonds. The number of methoxy groups -OCH3 is 1. The Bertz CT molecular complexity index is 1150. The Balaban J connectivity index is 1.79. The molecular formula is C22H20FNO5S. The van der Waals surface area contributed by atoms with Gasteiger partial charge in [0, 0.05) is 12.6 Å². The molecule has 0 heterocycles. The lowest BCUT2D eigenvalue weighted by atomic mass is 10.2. The number of carbonyl (C=O) groups excluding carboxylic acids is 1. The van der Waals surface area contributed by atoms with Gasteiger partial charge in [0.2, 0.25) is 0 Å². The minimum Gasteiger partial charge on any atom is -0.497 e. The van der Waals surface area contributed by atoms with Crippen LogP contribution in [-0.4, -0.2) is 28.5 Å². The SMILES string of the molecule is COc1ccc(N(C)S(=O)(=O)c2cccc(C(=O)OCc3ccccc3F)c2)cc1.